The van der Waals surface area contributed by atoms with Crippen molar-refractivity contribution in [1.82, 2.24) is 14.5 Å². The lowest BCUT2D eigenvalue weighted by Gasteiger charge is -2.36. The number of piperazine rings is 1. The fraction of sp³-hybridized carbons (Fsp3) is 0.295. The summed E-state index contributed by atoms with van der Waals surface area (Å²) < 4.78 is 55.5. The summed E-state index contributed by atoms with van der Waals surface area (Å²) in [4.78, 5) is 20.1. The molecule has 0 aromatic heterocycles. The Hall–Kier alpha value is -4.72. The molecule has 0 spiro atoms. The number of hydrogen-bond donors (Lipinski definition) is 2. The summed E-state index contributed by atoms with van der Waals surface area (Å²) in [7, 11) is -3.84. The van der Waals surface area contributed by atoms with Crippen LogP contribution < -0.4 is 14.9 Å². The summed E-state index contributed by atoms with van der Waals surface area (Å²) in [6.07, 6.45) is 1.36. The lowest BCUT2D eigenvalue weighted by molar-refractivity contribution is 0.0981. The van der Waals surface area contributed by atoms with Crippen LogP contribution in [-0.4, -0.2) is 91.2 Å². The Morgan fingerprint density at radius 3 is 2.12 bits per heavy atom. The second-order valence-electron chi connectivity index (χ2n) is 14.8. The highest BCUT2D eigenvalue weighted by molar-refractivity contribution is 7.91. The first-order chi connectivity index (χ1) is 27.3. The molecule has 1 amide bonds. The molecule has 5 aromatic rings. The van der Waals surface area contributed by atoms with Crippen molar-refractivity contribution in [2.24, 2.45) is 0 Å². The van der Waals surface area contributed by atoms with E-state index < -0.39 is 31.8 Å². The van der Waals surface area contributed by atoms with Crippen molar-refractivity contribution in [2.75, 3.05) is 62.8 Å². The van der Waals surface area contributed by atoms with Gasteiger partial charge in [-0.05, 0) is 129 Å². The average Bonchev–Trinajstić information content (AvgIpc) is 3.19. The number of sulfonamides is 1. The van der Waals surface area contributed by atoms with E-state index >= 15 is 0 Å². The third-order valence-electron chi connectivity index (χ3n) is 10.2. The van der Waals surface area contributed by atoms with Crippen LogP contribution in [0.2, 0.25) is 5.02 Å². The Morgan fingerprint density at radius 1 is 0.789 bits per heavy atom. The van der Waals surface area contributed by atoms with Gasteiger partial charge in [0.25, 0.3) is 15.9 Å². The second-order valence-corrected chi connectivity index (χ2v) is 18.9. The van der Waals surface area contributed by atoms with Crippen LogP contribution in [0.3, 0.4) is 0 Å². The van der Waals surface area contributed by atoms with Gasteiger partial charge >= 0.3 is 0 Å². The Kier molecular flexibility index (Phi) is 13.7. The van der Waals surface area contributed by atoms with Crippen molar-refractivity contribution < 1.29 is 21.6 Å². The molecule has 1 saturated heterocycles. The van der Waals surface area contributed by atoms with Crippen LogP contribution in [0.4, 0.5) is 11.4 Å². The molecular weight excluding hydrogens is 778 g/mol. The van der Waals surface area contributed by atoms with Gasteiger partial charge in [0.1, 0.15) is 0 Å². The minimum absolute atomic E-state index is 0.0646. The molecular formula is C44H50ClN5O5S2. The molecule has 1 aliphatic heterocycles. The number of anilines is 2. The van der Waals surface area contributed by atoms with E-state index in [4.69, 9.17) is 11.6 Å². The summed E-state index contributed by atoms with van der Waals surface area (Å²) in [6.45, 7) is 6.74. The number of hydrogen-bond acceptors (Lipinski definition) is 9. The van der Waals surface area contributed by atoms with E-state index in [2.05, 4.69) is 44.1 Å². The van der Waals surface area contributed by atoms with Gasteiger partial charge in [-0.2, -0.15) is 0 Å². The SMILES string of the molecule is Cc1cc(S(=O)(=O)NC(=O)c2ccc(N3CCN(Cc4ccccc4-c4ccc(Cl)cc4)CC3)cc2)ccc1N[C@H](CCCN(C)C)CS(=O)(=O)c1ccccc1. The molecule has 2 N–H and O–H groups in total. The van der Waals surface area contributed by atoms with E-state index in [9.17, 15) is 21.6 Å². The number of nitrogens with one attached hydrogen (secondary N) is 2. The van der Waals surface area contributed by atoms with Crippen molar-refractivity contribution in [1.29, 1.82) is 0 Å². The van der Waals surface area contributed by atoms with Gasteiger partial charge in [-0.15, -0.1) is 0 Å². The van der Waals surface area contributed by atoms with Crippen molar-refractivity contribution in [3.05, 3.63) is 143 Å². The van der Waals surface area contributed by atoms with Gasteiger partial charge in [-0.1, -0.05) is 66.2 Å². The van der Waals surface area contributed by atoms with Crippen molar-refractivity contribution in [3.8, 4) is 11.1 Å². The van der Waals surface area contributed by atoms with Crippen LogP contribution in [0.15, 0.2) is 131 Å². The highest BCUT2D eigenvalue weighted by Crippen LogP contribution is 2.28. The molecule has 0 aliphatic carbocycles. The van der Waals surface area contributed by atoms with Crippen LogP contribution >= 0.6 is 11.6 Å². The number of amides is 1. The standard InChI is InChI=1S/C44H50ClN5O5S2/c1-33-30-41(23-24-43(33)46-38(11-9-25-48(2)3)32-56(52,53)40-12-5-4-6-13-40)57(54,55)47-44(51)35-17-21-39(22-18-35)50-28-26-49(27-29-50)31-36-10-7-8-14-42(36)34-15-19-37(45)20-16-34/h4-8,10,12-24,30,38,46H,9,11,25-29,31-32H2,1-3H3,(H,47,51)/t38-/m1/s1. The maximum Gasteiger partial charge on any atom is 0.264 e. The zero-order valence-electron chi connectivity index (χ0n) is 32.6. The number of benzene rings is 5. The van der Waals surface area contributed by atoms with E-state index in [0.29, 0.717) is 22.7 Å². The number of aryl methyl sites for hydroxylation is 1. The number of rotatable bonds is 16. The summed E-state index contributed by atoms with van der Waals surface area (Å²) in [5, 5.41) is 4.07. The third kappa shape index (κ3) is 11.2. The number of halogens is 1. The fourth-order valence-corrected chi connectivity index (χ4v) is 9.79. The van der Waals surface area contributed by atoms with Crippen LogP contribution in [0.5, 0.6) is 0 Å². The highest BCUT2D eigenvalue weighted by Gasteiger charge is 2.24. The summed E-state index contributed by atoms with van der Waals surface area (Å²) in [5.41, 5.74) is 6.01. The number of carbonyl (C=O) groups is 1. The van der Waals surface area contributed by atoms with E-state index in [1.165, 1.54) is 23.3 Å². The van der Waals surface area contributed by atoms with Gasteiger partial charge in [-0.3, -0.25) is 9.69 Å². The largest absolute Gasteiger partial charge is 0.381 e. The first-order valence-corrected chi connectivity index (χ1v) is 22.6. The zero-order valence-corrected chi connectivity index (χ0v) is 35.0. The van der Waals surface area contributed by atoms with Crippen LogP contribution in [0.25, 0.3) is 11.1 Å². The summed E-state index contributed by atoms with van der Waals surface area (Å²) in [5.74, 6) is -0.840. The topological polar surface area (TPSA) is 119 Å². The molecule has 6 rings (SSSR count). The lowest BCUT2D eigenvalue weighted by atomic mass is 9.99. The molecule has 5 aromatic carbocycles. The molecule has 0 unspecified atom stereocenters. The first kappa shape index (κ1) is 41.9. The molecule has 0 radical (unpaired) electrons. The molecule has 10 nitrogen and oxygen atoms in total. The molecule has 13 heteroatoms. The minimum Gasteiger partial charge on any atom is -0.381 e. The van der Waals surface area contributed by atoms with Crippen molar-refractivity contribution in [3.63, 3.8) is 0 Å². The second kappa shape index (κ2) is 18.7. The van der Waals surface area contributed by atoms with Crippen molar-refractivity contribution >= 4 is 48.7 Å². The Balaban J connectivity index is 1.05. The molecule has 0 bridgehead atoms. The van der Waals surface area contributed by atoms with Gasteiger partial charge in [0.05, 0.1) is 15.5 Å². The smallest absolute Gasteiger partial charge is 0.264 e. The molecule has 1 heterocycles. The molecule has 300 valence electrons. The Bertz CT molecular complexity index is 2350. The average molecular weight is 829 g/mol. The molecule has 1 atom stereocenters. The quantitative estimate of drug-likeness (QED) is 0.105. The molecule has 1 fully saturated rings. The van der Waals surface area contributed by atoms with Crippen molar-refractivity contribution in [2.45, 2.75) is 42.1 Å². The number of nitrogens with zero attached hydrogens (tertiary/aromatic N) is 3. The van der Waals surface area contributed by atoms with Crippen LogP contribution in [0, 0.1) is 6.92 Å². The predicted molar refractivity (Wildman–Crippen MR) is 230 cm³/mol. The van der Waals surface area contributed by atoms with Gasteiger partial charge in [0.15, 0.2) is 9.84 Å². The predicted octanol–water partition coefficient (Wildman–Crippen LogP) is 7.35. The fourth-order valence-electron chi connectivity index (χ4n) is 7.06. The first-order valence-electron chi connectivity index (χ1n) is 19.1. The molecule has 0 saturated carbocycles. The molecule has 1 aliphatic rings. The maximum atomic E-state index is 13.4. The van der Waals surface area contributed by atoms with E-state index in [1.807, 2.05) is 55.4 Å². The van der Waals surface area contributed by atoms with Gasteiger partial charge in [-0.25, -0.2) is 21.6 Å². The lowest BCUT2D eigenvalue weighted by Crippen LogP contribution is -2.46. The minimum atomic E-state index is -4.20. The highest BCUT2D eigenvalue weighted by atomic mass is 35.5. The maximum absolute atomic E-state index is 13.4. The van der Waals surface area contributed by atoms with Gasteiger partial charge in [0.2, 0.25) is 0 Å². The normalized spacial score (nSPS) is 14.4. The zero-order chi connectivity index (χ0) is 40.6. The van der Waals surface area contributed by atoms with Crippen LogP contribution in [-0.2, 0) is 26.4 Å². The number of carbonyl (C=O) groups excluding carboxylic acids is 1. The summed E-state index contributed by atoms with van der Waals surface area (Å²) in [6, 6.07) is 35.8. The van der Waals surface area contributed by atoms with Gasteiger partial charge < -0.3 is 15.1 Å². The Labute approximate surface area is 342 Å². The summed E-state index contributed by atoms with van der Waals surface area (Å²) >= 11 is 6.12. The van der Waals surface area contributed by atoms with E-state index in [0.717, 1.165) is 56.9 Å². The monoisotopic (exact) mass is 827 g/mol. The van der Waals surface area contributed by atoms with E-state index in [1.54, 1.807) is 55.5 Å². The molecule has 57 heavy (non-hydrogen) atoms. The Morgan fingerprint density at radius 2 is 1.46 bits per heavy atom. The number of sulfone groups is 1. The van der Waals surface area contributed by atoms with Gasteiger partial charge in [0, 0.05) is 60.7 Å². The van der Waals surface area contributed by atoms with Crippen LogP contribution in [0.1, 0.15) is 34.3 Å². The van der Waals surface area contributed by atoms with E-state index in [-0.39, 0.29) is 21.1 Å². The third-order valence-corrected chi connectivity index (χ3v) is 13.6.